The summed E-state index contributed by atoms with van der Waals surface area (Å²) in [6.45, 7) is 2.33. The van der Waals surface area contributed by atoms with E-state index < -0.39 is 10.0 Å². The second-order valence-corrected chi connectivity index (χ2v) is 11.6. The number of aromatic nitrogens is 1. The van der Waals surface area contributed by atoms with E-state index in [2.05, 4.69) is 10.3 Å². The highest BCUT2D eigenvalue weighted by atomic mass is 32.2. The molecule has 8 heteroatoms. The summed E-state index contributed by atoms with van der Waals surface area (Å²) in [6.07, 6.45) is 5.12. The van der Waals surface area contributed by atoms with Crippen molar-refractivity contribution in [3.63, 3.8) is 0 Å². The Morgan fingerprint density at radius 2 is 1.76 bits per heavy atom. The van der Waals surface area contributed by atoms with Gasteiger partial charge in [0.15, 0.2) is 5.13 Å². The molecule has 1 aromatic heterocycles. The van der Waals surface area contributed by atoms with Crippen LogP contribution in [-0.4, -0.2) is 36.2 Å². The van der Waals surface area contributed by atoms with Gasteiger partial charge in [0.05, 0.1) is 15.1 Å². The normalized spacial score (nSPS) is 15.2. The molecule has 34 heavy (non-hydrogen) atoms. The first kappa shape index (κ1) is 23.0. The first-order valence-electron chi connectivity index (χ1n) is 11.7. The first-order chi connectivity index (χ1) is 16.5. The number of rotatable bonds is 6. The number of thiazole rings is 1. The lowest BCUT2D eigenvalue weighted by Gasteiger charge is -2.32. The number of carbonyl (C=O) groups is 1. The quantitative estimate of drug-likeness (QED) is 0.355. The number of fused-ring (bicyclic) bond motifs is 3. The van der Waals surface area contributed by atoms with E-state index in [4.69, 9.17) is 0 Å². The van der Waals surface area contributed by atoms with Crippen molar-refractivity contribution in [3.05, 3.63) is 66.2 Å². The van der Waals surface area contributed by atoms with Crippen LogP contribution in [0.1, 0.15) is 49.4 Å². The summed E-state index contributed by atoms with van der Waals surface area (Å²) in [7, 11) is -3.60. The third kappa shape index (κ3) is 4.33. The number of hydrogen-bond donors (Lipinski definition) is 1. The lowest BCUT2D eigenvalue weighted by Crippen LogP contribution is -2.41. The summed E-state index contributed by atoms with van der Waals surface area (Å²) in [6, 6.07) is 18.3. The molecule has 1 amide bonds. The molecule has 1 fully saturated rings. The van der Waals surface area contributed by atoms with Gasteiger partial charge >= 0.3 is 0 Å². The zero-order valence-electron chi connectivity index (χ0n) is 19.0. The lowest BCUT2D eigenvalue weighted by atomic mass is 9.95. The summed E-state index contributed by atoms with van der Waals surface area (Å²) >= 11 is 1.42. The Morgan fingerprint density at radius 1 is 1.03 bits per heavy atom. The van der Waals surface area contributed by atoms with E-state index in [1.54, 1.807) is 16.4 Å². The SMILES string of the molecule is CCN(C1CCCCC1)S(=O)(=O)c1ccc(C(=O)Nc2nc3c(ccc4ccccc43)s2)cc1. The van der Waals surface area contributed by atoms with E-state index in [9.17, 15) is 13.2 Å². The maximum Gasteiger partial charge on any atom is 0.257 e. The molecule has 0 radical (unpaired) electrons. The highest BCUT2D eigenvalue weighted by Crippen LogP contribution is 2.32. The molecule has 4 aromatic rings. The molecular weight excluding hydrogens is 466 g/mol. The topological polar surface area (TPSA) is 79.4 Å². The predicted octanol–water partition coefficient (Wildman–Crippen LogP) is 6.05. The van der Waals surface area contributed by atoms with Crippen molar-refractivity contribution >= 4 is 53.4 Å². The van der Waals surface area contributed by atoms with Crippen LogP contribution in [-0.2, 0) is 10.0 Å². The van der Waals surface area contributed by atoms with Crippen molar-refractivity contribution in [1.29, 1.82) is 0 Å². The van der Waals surface area contributed by atoms with E-state index >= 15 is 0 Å². The molecule has 1 saturated carbocycles. The van der Waals surface area contributed by atoms with E-state index in [-0.39, 0.29) is 16.8 Å². The van der Waals surface area contributed by atoms with Gasteiger partial charge in [-0.3, -0.25) is 10.1 Å². The van der Waals surface area contributed by atoms with E-state index in [0.29, 0.717) is 17.2 Å². The molecule has 0 bridgehead atoms. The van der Waals surface area contributed by atoms with Crippen molar-refractivity contribution in [3.8, 4) is 0 Å². The zero-order chi connectivity index (χ0) is 23.7. The molecule has 1 aliphatic rings. The Balaban J connectivity index is 1.35. The number of amides is 1. The molecule has 1 N–H and O–H groups in total. The van der Waals surface area contributed by atoms with Crippen LogP contribution >= 0.6 is 11.3 Å². The molecular formula is C26H27N3O3S2. The van der Waals surface area contributed by atoms with Crippen LogP contribution in [0.5, 0.6) is 0 Å². The largest absolute Gasteiger partial charge is 0.298 e. The van der Waals surface area contributed by atoms with Crippen LogP contribution in [0.4, 0.5) is 5.13 Å². The van der Waals surface area contributed by atoms with Gasteiger partial charge in [-0.25, -0.2) is 13.4 Å². The molecule has 0 spiro atoms. The minimum Gasteiger partial charge on any atom is -0.298 e. The number of benzene rings is 3. The Labute approximate surface area is 203 Å². The molecule has 6 nitrogen and oxygen atoms in total. The third-order valence-electron chi connectivity index (χ3n) is 6.52. The van der Waals surface area contributed by atoms with Crippen molar-refractivity contribution in [1.82, 2.24) is 9.29 Å². The van der Waals surface area contributed by atoms with Crippen LogP contribution < -0.4 is 5.32 Å². The Kier molecular flexibility index (Phi) is 6.38. The van der Waals surface area contributed by atoms with Gasteiger partial charge in [-0.05, 0) is 48.6 Å². The molecule has 0 atom stereocenters. The number of hydrogen-bond acceptors (Lipinski definition) is 5. The van der Waals surface area contributed by atoms with Crippen LogP contribution in [0.2, 0.25) is 0 Å². The highest BCUT2D eigenvalue weighted by Gasteiger charge is 2.31. The van der Waals surface area contributed by atoms with Gasteiger partial charge in [-0.1, -0.05) is 67.9 Å². The third-order valence-corrected chi connectivity index (χ3v) is 9.50. The van der Waals surface area contributed by atoms with Gasteiger partial charge in [0, 0.05) is 23.5 Å². The van der Waals surface area contributed by atoms with Crippen molar-refractivity contribution < 1.29 is 13.2 Å². The summed E-state index contributed by atoms with van der Waals surface area (Å²) in [5, 5.41) is 5.53. The van der Waals surface area contributed by atoms with Gasteiger partial charge in [-0.15, -0.1) is 0 Å². The molecule has 5 rings (SSSR count). The maximum atomic E-state index is 13.3. The van der Waals surface area contributed by atoms with Crippen molar-refractivity contribution in [2.75, 3.05) is 11.9 Å². The Morgan fingerprint density at radius 3 is 2.50 bits per heavy atom. The lowest BCUT2D eigenvalue weighted by molar-refractivity contribution is 0.102. The van der Waals surface area contributed by atoms with Crippen LogP contribution in [0.15, 0.2) is 65.6 Å². The van der Waals surface area contributed by atoms with E-state index in [1.807, 2.05) is 43.3 Å². The van der Waals surface area contributed by atoms with Gasteiger partial charge in [0.1, 0.15) is 0 Å². The molecule has 3 aromatic carbocycles. The van der Waals surface area contributed by atoms with Crippen molar-refractivity contribution in [2.24, 2.45) is 0 Å². The average Bonchev–Trinajstić information content (AvgIpc) is 3.28. The summed E-state index contributed by atoms with van der Waals surface area (Å²) in [5.74, 6) is -0.313. The standard InChI is InChI=1S/C26H27N3O3S2/c1-2-29(20-9-4-3-5-10-20)34(31,32)21-15-12-19(13-16-21)25(30)28-26-27-24-22-11-7-6-8-18(22)14-17-23(24)33-26/h6-8,11-17,20H,2-5,9-10H2,1H3,(H,27,28,30). The zero-order valence-corrected chi connectivity index (χ0v) is 20.7. The monoisotopic (exact) mass is 493 g/mol. The smallest absolute Gasteiger partial charge is 0.257 e. The first-order valence-corrected chi connectivity index (χ1v) is 13.9. The second kappa shape index (κ2) is 9.44. The molecule has 0 aliphatic heterocycles. The van der Waals surface area contributed by atoms with Crippen LogP contribution in [0, 0.1) is 0 Å². The molecule has 0 saturated heterocycles. The van der Waals surface area contributed by atoms with E-state index in [1.165, 1.54) is 29.9 Å². The summed E-state index contributed by atoms with van der Waals surface area (Å²) < 4.78 is 29.1. The highest BCUT2D eigenvalue weighted by molar-refractivity contribution is 7.89. The maximum absolute atomic E-state index is 13.3. The van der Waals surface area contributed by atoms with Crippen LogP contribution in [0.3, 0.4) is 0 Å². The molecule has 1 heterocycles. The minimum absolute atomic E-state index is 0.0573. The molecule has 1 aliphatic carbocycles. The Hall–Kier alpha value is -2.81. The summed E-state index contributed by atoms with van der Waals surface area (Å²) in [4.78, 5) is 17.7. The second-order valence-electron chi connectivity index (χ2n) is 8.63. The van der Waals surface area contributed by atoms with Gasteiger partial charge in [0.25, 0.3) is 5.91 Å². The van der Waals surface area contributed by atoms with Crippen molar-refractivity contribution in [2.45, 2.75) is 50.0 Å². The summed E-state index contributed by atoms with van der Waals surface area (Å²) in [5.41, 5.74) is 1.26. The predicted molar refractivity (Wildman–Crippen MR) is 138 cm³/mol. The number of nitrogens with zero attached hydrogens (tertiary/aromatic N) is 2. The fourth-order valence-corrected chi connectivity index (χ4v) is 7.36. The minimum atomic E-state index is -3.60. The Bertz CT molecular complexity index is 1440. The van der Waals surface area contributed by atoms with Crippen LogP contribution in [0.25, 0.3) is 21.0 Å². The fourth-order valence-electron chi connectivity index (χ4n) is 4.79. The molecule has 0 unspecified atom stereocenters. The van der Waals surface area contributed by atoms with E-state index in [0.717, 1.165) is 46.7 Å². The number of nitrogens with one attached hydrogen (secondary N) is 1. The van der Waals surface area contributed by atoms with Gasteiger partial charge < -0.3 is 0 Å². The number of carbonyl (C=O) groups excluding carboxylic acids is 1. The van der Waals surface area contributed by atoms with Gasteiger partial charge in [-0.2, -0.15) is 4.31 Å². The fraction of sp³-hybridized carbons (Fsp3) is 0.308. The molecule has 176 valence electrons. The number of sulfonamides is 1. The van der Waals surface area contributed by atoms with Gasteiger partial charge in [0.2, 0.25) is 10.0 Å². The number of anilines is 1. The average molecular weight is 494 g/mol.